The van der Waals surface area contributed by atoms with Gasteiger partial charge in [0.05, 0.1) is 6.61 Å². The largest absolute Gasteiger partial charge is 0.491 e. The molecule has 4 rings (SSSR count). The van der Waals surface area contributed by atoms with E-state index in [0.717, 1.165) is 44.8 Å². The summed E-state index contributed by atoms with van der Waals surface area (Å²) >= 11 is 0. The highest BCUT2D eigenvalue weighted by molar-refractivity contribution is 5.77. The molecule has 1 spiro atoms. The smallest absolute Gasteiger partial charge is 0.222 e. The highest BCUT2D eigenvalue weighted by Crippen LogP contribution is 2.43. The van der Waals surface area contributed by atoms with E-state index in [2.05, 4.69) is 15.9 Å². The van der Waals surface area contributed by atoms with Gasteiger partial charge in [0.1, 0.15) is 12.4 Å². The predicted molar refractivity (Wildman–Crippen MR) is 99.9 cm³/mol. The molecule has 3 fully saturated rings. The van der Waals surface area contributed by atoms with Gasteiger partial charge in [0.2, 0.25) is 5.91 Å². The molecular weight excluding hydrogens is 328 g/mol. The van der Waals surface area contributed by atoms with Gasteiger partial charge in [0, 0.05) is 31.1 Å². The Morgan fingerprint density at radius 3 is 2.65 bits per heavy atom. The van der Waals surface area contributed by atoms with Crippen LogP contribution in [-0.2, 0) is 11.3 Å². The van der Waals surface area contributed by atoms with Crippen molar-refractivity contribution >= 4 is 5.91 Å². The fourth-order valence-electron chi connectivity index (χ4n) is 4.53. The van der Waals surface area contributed by atoms with Gasteiger partial charge in [-0.25, -0.2) is 0 Å². The van der Waals surface area contributed by atoms with E-state index in [1.807, 2.05) is 18.2 Å². The summed E-state index contributed by atoms with van der Waals surface area (Å²) in [5.41, 5.74) is 1.54. The quantitative estimate of drug-likeness (QED) is 0.849. The molecule has 0 bridgehead atoms. The minimum atomic E-state index is 0.0385. The summed E-state index contributed by atoms with van der Waals surface area (Å²) < 4.78 is 5.68. The fraction of sp³-hybridized carbons (Fsp3) is 0.667. The molecule has 142 valence electrons. The van der Waals surface area contributed by atoms with Crippen molar-refractivity contribution in [3.05, 3.63) is 29.8 Å². The first-order chi connectivity index (χ1) is 12.7. The summed E-state index contributed by atoms with van der Waals surface area (Å²) in [6.07, 6.45) is 6.59. The number of benzene rings is 1. The van der Waals surface area contributed by atoms with Gasteiger partial charge in [0.15, 0.2) is 0 Å². The number of hydrogen-bond acceptors (Lipinski definition) is 4. The minimum Gasteiger partial charge on any atom is -0.491 e. The second kappa shape index (κ2) is 7.57. The first kappa shape index (κ1) is 17.8. The van der Waals surface area contributed by atoms with E-state index < -0.39 is 0 Å². The first-order valence-electron chi connectivity index (χ1n) is 10.0. The molecule has 2 heterocycles. The molecule has 3 aliphatic rings. The molecular formula is C21H30N2O3. The maximum atomic E-state index is 12.2. The van der Waals surface area contributed by atoms with Crippen LogP contribution in [0.2, 0.25) is 0 Å². The van der Waals surface area contributed by atoms with Crippen molar-refractivity contribution in [2.24, 2.45) is 5.41 Å². The number of amides is 1. The second-order valence-corrected chi connectivity index (χ2v) is 8.21. The minimum absolute atomic E-state index is 0.0385. The molecule has 2 saturated heterocycles. The fourth-order valence-corrected chi connectivity index (χ4v) is 4.53. The lowest BCUT2D eigenvalue weighted by Crippen LogP contribution is -2.52. The average molecular weight is 358 g/mol. The Labute approximate surface area is 155 Å². The monoisotopic (exact) mass is 358 g/mol. The summed E-state index contributed by atoms with van der Waals surface area (Å²) in [5, 5.41) is 9.00. The molecule has 5 nitrogen and oxygen atoms in total. The number of para-hydroxylation sites is 1. The van der Waals surface area contributed by atoms with Gasteiger partial charge in [-0.2, -0.15) is 0 Å². The Bertz CT molecular complexity index is 636. The van der Waals surface area contributed by atoms with Crippen LogP contribution < -0.4 is 4.74 Å². The number of nitrogens with zero attached hydrogens (tertiary/aromatic N) is 2. The lowest BCUT2D eigenvalue weighted by Gasteiger charge is -2.47. The summed E-state index contributed by atoms with van der Waals surface area (Å²) in [4.78, 5) is 16.9. The summed E-state index contributed by atoms with van der Waals surface area (Å²) in [6.45, 7) is 4.42. The Morgan fingerprint density at radius 2 is 1.92 bits per heavy atom. The molecule has 1 aromatic rings. The number of aliphatic hydroxyl groups excluding tert-OH is 1. The van der Waals surface area contributed by atoms with Crippen LogP contribution in [0.3, 0.4) is 0 Å². The number of ether oxygens (including phenoxy) is 1. The Hall–Kier alpha value is -1.59. The summed E-state index contributed by atoms with van der Waals surface area (Å²) in [7, 11) is 0. The predicted octanol–water partition coefficient (Wildman–Crippen LogP) is 2.42. The van der Waals surface area contributed by atoms with Gasteiger partial charge >= 0.3 is 0 Å². The van der Waals surface area contributed by atoms with E-state index in [0.29, 0.717) is 24.0 Å². The lowest BCUT2D eigenvalue weighted by molar-refractivity contribution is -0.139. The van der Waals surface area contributed by atoms with Crippen molar-refractivity contribution < 1.29 is 14.6 Å². The van der Waals surface area contributed by atoms with E-state index in [1.165, 1.54) is 31.2 Å². The van der Waals surface area contributed by atoms with Crippen LogP contribution in [0.5, 0.6) is 5.75 Å². The van der Waals surface area contributed by atoms with E-state index in [-0.39, 0.29) is 6.61 Å². The summed E-state index contributed by atoms with van der Waals surface area (Å²) in [6, 6.07) is 8.68. The van der Waals surface area contributed by atoms with Crippen LogP contribution in [0.25, 0.3) is 0 Å². The van der Waals surface area contributed by atoms with Crippen LogP contribution >= 0.6 is 0 Å². The van der Waals surface area contributed by atoms with Gasteiger partial charge in [-0.05, 0) is 56.7 Å². The van der Waals surface area contributed by atoms with Crippen LogP contribution in [0, 0.1) is 5.41 Å². The third-order valence-corrected chi connectivity index (χ3v) is 6.32. The lowest BCUT2D eigenvalue weighted by atomic mass is 9.72. The normalized spacial score (nSPS) is 23.4. The number of rotatable bonds is 6. The number of aliphatic hydroxyl groups is 1. The Morgan fingerprint density at radius 1 is 1.15 bits per heavy atom. The molecule has 0 unspecified atom stereocenters. The third-order valence-electron chi connectivity index (χ3n) is 6.32. The van der Waals surface area contributed by atoms with Crippen molar-refractivity contribution in [3.8, 4) is 5.75 Å². The highest BCUT2D eigenvalue weighted by atomic mass is 16.5. The maximum Gasteiger partial charge on any atom is 0.222 e. The Kier molecular flexibility index (Phi) is 5.18. The average Bonchev–Trinajstić information content (AvgIpc) is 3.50. The van der Waals surface area contributed by atoms with Gasteiger partial charge < -0.3 is 14.7 Å². The molecule has 1 saturated carbocycles. The van der Waals surface area contributed by atoms with Crippen molar-refractivity contribution in [3.63, 3.8) is 0 Å². The van der Waals surface area contributed by atoms with Gasteiger partial charge in [0.25, 0.3) is 0 Å². The number of hydrogen-bond donors (Lipinski definition) is 1. The van der Waals surface area contributed by atoms with E-state index in [9.17, 15) is 4.79 Å². The third kappa shape index (κ3) is 3.89. The van der Waals surface area contributed by atoms with Gasteiger partial charge in [-0.3, -0.25) is 9.69 Å². The van der Waals surface area contributed by atoms with E-state index in [1.54, 1.807) is 0 Å². The molecule has 1 N–H and O–H groups in total. The van der Waals surface area contributed by atoms with Crippen LogP contribution in [-0.4, -0.2) is 59.7 Å². The highest BCUT2D eigenvalue weighted by Gasteiger charge is 2.45. The zero-order valence-corrected chi connectivity index (χ0v) is 15.5. The van der Waals surface area contributed by atoms with E-state index in [4.69, 9.17) is 9.84 Å². The second-order valence-electron chi connectivity index (χ2n) is 8.21. The maximum absolute atomic E-state index is 12.2. The number of carbonyl (C=O) groups excluding carboxylic acids is 1. The van der Waals surface area contributed by atoms with Crippen molar-refractivity contribution in [1.82, 2.24) is 9.80 Å². The molecule has 0 atom stereocenters. The van der Waals surface area contributed by atoms with Gasteiger partial charge in [-0.1, -0.05) is 18.2 Å². The molecule has 2 aliphatic heterocycles. The standard InChI is InChI=1S/C21H30N2O3/c24-13-14-26-19-4-2-1-3-17(19)15-22-11-9-21(10-12-22)8-7-20(25)23(16-21)18-5-6-18/h1-4,18,24H,5-16H2. The first-order valence-corrected chi connectivity index (χ1v) is 10.0. The van der Waals surface area contributed by atoms with Crippen molar-refractivity contribution in [2.75, 3.05) is 32.8 Å². The SMILES string of the molecule is O=C1CCC2(CCN(Cc3ccccc3OCCO)CC2)CN1C1CC1. The summed E-state index contributed by atoms with van der Waals surface area (Å²) in [5.74, 6) is 1.26. The Balaban J connectivity index is 1.35. The molecule has 0 radical (unpaired) electrons. The van der Waals surface area contributed by atoms with Crippen LogP contribution in [0.1, 0.15) is 44.1 Å². The zero-order valence-electron chi connectivity index (χ0n) is 15.5. The molecule has 1 aliphatic carbocycles. The molecule has 5 heteroatoms. The molecule has 26 heavy (non-hydrogen) atoms. The molecule has 1 amide bonds. The topological polar surface area (TPSA) is 53.0 Å². The molecule has 0 aromatic heterocycles. The van der Waals surface area contributed by atoms with Crippen LogP contribution in [0.4, 0.5) is 0 Å². The molecule has 1 aromatic carbocycles. The van der Waals surface area contributed by atoms with Crippen molar-refractivity contribution in [2.45, 2.75) is 51.1 Å². The van der Waals surface area contributed by atoms with Crippen molar-refractivity contribution in [1.29, 1.82) is 0 Å². The number of likely N-dealkylation sites (tertiary alicyclic amines) is 2. The number of piperidine rings is 2. The van der Waals surface area contributed by atoms with E-state index >= 15 is 0 Å². The van der Waals surface area contributed by atoms with Gasteiger partial charge in [-0.15, -0.1) is 0 Å². The zero-order chi connectivity index (χ0) is 18.0. The van der Waals surface area contributed by atoms with Crippen LogP contribution in [0.15, 0.2) is 24.3 Å². The number of carbonyl (C=O) groups is 1.